The second-order valence-corrected chi connectivity index (χ2v) is 7.55. The molecule has 1 N–H and O–H groups in total. The van der Waals surface area contributed by atoms with Gasteiger partial charge in [-0.15, -0.1) is 0 Å². The lowest BCUT2D eigenvalue weighted by Gasteiger charge is -2.15. The third-order valence-electron chi connectivity index (χ3n) is 5.09. The molecule has 0 saturated heterocycles. The molecule has 1 amide bonds. The number of fused-ring (bicyclic) bond motifs is 1. The fourth-order valence-electron chi connectivity index (χ4n) is 3.50. The van der Waals surface area contributed by atoms with Crippen LogP contribution < -0.4 is 5.32 Å². The predicted octanol–water partition coefficient (Wildman–Crippen LogP) is 5.54. The Hall–Kier alpha value is -3.11. The van der Waals surface area contributed by atoms with Crippen molar-refractivity contribution in [1.82, 2.24) is 15.1 Å². The molecule has 29 heavy (non-hydrogen) atoms. The number of hydrogen-bond donors (Lipinski definition) is 1. The molecule has 4 nitrogen and oxygen atoms in total. The third kappa shape index (κ3) is 4.03. The van der Waals surface area contributed by atoms with Gasteiger partial charge in [-0.05, 0) is 41.8 Å². The average Bonchev–Trinajstić information content (AvgIpc) is 3.01. The van der Waals surface area contributed by atoms with Gasteiger partial charge in [-0.25, -0.2) is 4.68 Å². The van der Waals surface area contributed by atoms with Crippen molar-refractivity contribution >= 4 is 28.3 Å². The molecule has 0 aliphatic rings. The van der Waals surface area contributed by atoms with Gasteiger partial charge in [0.05, 0.1) is 23.8 Å². The second-order valence-electron chi connectivity index (χ2n) is 7.20. The van der Waals surface area contributed by atoms with E-state index in [1.165, 1.54) is 5.39 Å². The Labute approximate surface area is 175 Å². The molecule has 146 valence electrons. The smallest absolute Gasteiger partial charge is 0.256 e. The predicted molar refractivity (Wildman–Crippen MR) is 117 cm³/mol. The summed E-state index contributed by atoms with van der Waals surface area (Å²) in [4.78, 5) is 13.0. The number of benzene rings is 3. The van der Waals surface area contributed by atoms with Gasteiger partial charge in [0.25, 0.3) is 5.91 Å². The summed E-state index contributed by atoms with van der Waals surface area (Å²) < 4.78 is 1.67. The number of aryl methyl sites for hydroxylation is 1. The lowest BCUT2D eigenvalue weighted by Crippen LogP contribution is -2.27. The van der Waals surface area contributed by atoms with Crippen LogP contribution in [0.15, 0.2) is 72.8 Å². The van der Waals surface area contributed by atoms with Crippen LogP contribution >= 0.6 is 11.6 Å². The van der Waals surface area contributed by atoms with Gasteiger partial charge in [-0.2, -0.15) is 5.10 Å². The van der Waals surface area contributed by atoms with Gasteiger partial charge in [0.15, 0.2) is 0 Å². The Morgan fingerprint density at radius 3 is 2.48 bits per heavy atom. The van der Waals surface area contributed by atoms with Crippen LogP contribution in [0.4, 0.5) is 0 Å². The highest BCUT2D eigenvalue weighted by Gasteiger charge is 2.22. The number of aromatic nitrogens is 2. The van der Waals surface area contributed by atoms with E-state index in [9.17, 15) is 4.79 Å². The molecule has 5 heteroatoms. The maximum Gasteiger partial charge on any atom is 0.256 e. The van der Waals surface area contributed by atoms with E-state index in [1.807, 2.05) is 62.4 Å². The average molecular weight is 404 g/mol. The largest absolute Gasteiger partial charge is 0.345 e. The summed E-state index contributed by atoms with van der Waals surface area (Å²) in [6.07, 6.45) is 0. The van der Waals surface area contributed by atoms with Crippen LogP contribution in [0.3, 0.4) is 0 Å². The van der Waals surface area contributed by atoms with Gasteiger partial charge in [0.1, 0.15) is 5.15 Å². The molecule has 1 unspecified atom stereocenters. The maximum atomic E-state index is 13.0. The summed E-state index contributed by atoms with van der Waals surface area (Å²) in [5.41, 5.74) is 3.17. The number of hydrogen-bond acceptors (Lipinski definition) is 2. The van der Waals surface area contributed by atoms with E-state index in [0.29, 0.717) is 23.0 Å². The summed E-state index contributed by atoms with van der Waals surface area (Å²) >= 11 is 6.52. The fourth-order valence-corrected chi connectivity index (χ4v) is 3.82. The van der Waals surface area contributed by atoms with Crippen LogP contribution in [0, 0.1) is 6.92 Å². The van der Waals surface area contributed by atoms with E-state index in [4.69, 9.17) is 11.6 Å². The van der Waals surface area contributed by atoms with E-state index in [-0.39, 0.29) is 11.9 Å². The molecule has 0 radical (unpaired) electrons. The zero-order valence-electron chi connectivity index (χ0n) is 16.4. The van der Waals surface area contributed by atoms with Crippen molar-refractivity contribution in [2.24, 2.45) is 0 Å². The van der Waals surface area contributed by atoms with E-state index in [1.54, 1.807) is 4.68 Å². The molecule has 0 spiro atoms. The number of nitrogens with zero attached hydrogens (tertiary/aromatic N) is 2. The molecular formula is C24H22ClN3O. The zero-order chi connectivity index (χ0) is 20.4. The highest BCUT2D eigenvalue weighted by molar-refractivity contribution is 6.33. The molecule has 1 atom stereocenters. The van der Waals surface area contributed by atoms with Crippen LogP contribution in [-0.2, 0) is 6.54 Å². The fraction of sp³-hybridized carbons (Fsp3) is 0.167. The van der Waals surface area contributed by atoms with Crippen molar-refractivity contribution in [2.45, 2.75) is 26.4 Å². The Bertz CT molecular complexity index is 1170. The van der Waals surface area contributed by atoms with E-state index >= 15 is 0 Å². The minimum atomic E-state index is -0.215. The van der Waals surface area contributed by atoms with Gasteiger partial charge in [0.2, 0.25) is 0 Å². The molecule has 0 bridgehead atoms. The van der Waals surface area contributed by atoms with Gasteiger partial charge in [-0.3, -0.25) is 4.79 Å². The topological polar surface area (TPSA) is 46.9 Å². The van der Waals surface area contributed by atoms with E-state index in [2.05, 4.69) is 34.7 Å². The first kappa shape index (κ1) is 19.2. The molecule has 3 aromatic carbocycles. The normalized spacial score (nSPS) is 12.1. The van der Waals surface area contributed by atoms with Crippen LogP contribution in [0.2, 0.25) is 5.15 Å². The molecule has 0 aliphatic carbocycles. The summed E-state index contributed by atoms with van der Waals surface area (Å²) in [6, 6.07) is 24.2. The molecule has 0 aliphatic heterocycles. The molecule has 1 heterocycles. The highest BCUT2D eigenvalue weighted by atomic mass is 35.5. The SMILES string of the molecule is Cc1nn(Cc2ccccc2)c(Cl)c1C(=O)NC(C)c1ccc2ccccc2c1. The Kier molecular flexibility index (Phi) is 5.36. The standard InChI is InChI=1S/C24H22ClN3O/c1-16(20-13-12-19-10-6-7-11-21(19)14-20)26-24(29)22-17(2)27-28(23(22)25)15-18-8-4-3-5-9-18/h3-14,16H,15H2,1-2H3,(H,26,29). The molecule has 1 aromatic heterocycles. The van der Waals surface area contributed by atoms with Crippen molar-refractivity contribution in [1.29, 1.82) is 0 Å². The molecule has 0 fully saturated rings. The number of carbonyl (C=O) groups excluding carboxylic acids is 1. The highest BCUT2D eigenvalue weighted by Crippen LogP contribution is 2.24. The molecule has 0 saturated carbocycles. The van der Waals surface area contributed by atoms with Crippen molar-refractivity contribution in [3.8, 4) is 0 Å². The number of amides is 1. The van der Waals surface area contributed by atoms with Crippen LogP contribution in [0.5, 0.6) is 0 Å². The minimum Gasteiger partial charge on any atom is -0.345 e. The Morgan fingerprint density at radius 1 is 1.03 bits per heavy atom. The lowest BCUT2D eigenvalue weighted by atomic mass is 10.0. The Morgan fingerprint density at radius 2 is 1.72 bits per heavy atom. The van der Waals surface area contributed by atoms with Gasteiger partial charge in [-0.1, -0.05) is 78.3 Å². The Balaban J connectivity index is 1.54. The molecule has 4 aromatic rings. The van der Waals surface area contributed by atoms with Crippen molar-refractivity contribution < 1.29 is 4.79 Å². The molecule has 4 rings (SSSR count). The summed E-state index contributed by atoms with van der Waals surface area (Å²) in [5.74, 6) is -0.215. The van der Waals surface area contributed by atoms with Gasteiger partial charge < -0.3 is 5.32 Å². The maximum absolute atomic E-state index is 13.0. The first-order valence-electron chi connectivity index (χ1n) is 9.59. The van der Waals surface area contributed by atoms with E-state index < -0.39 is 0 Å². The second kappa shape index (κ2) is 8.10. The van der Waals surface area contributed by atoms with Crippen molar-refractivity contribution in [3.05, 3.63) is 100 Å². The number of carbonyl (C=O) groups is 1. The first-order chi connectivity index (χ1) is 14.0. The van der Waals surface area contributed by atoms with Crippen LogP contribution in [-0.4, -0.2) is 15.7 Å². The monoisotopic (exact) mass is 403 g/mol. The minimum absolute atomic E-state index is 0.153. The molecular weight excluding hydrogens is 382 g/mol. The number of halogens is 1. The summed E-state index contributed by atoms with van der Waals surface area (Å²) in [5, 5.41) is 10.2. The zero-order valence-corrected chi connectivity index (χ0v) is 17.1. The van der Waals surface area contributed by atoms with Crippen molar-refractivity contribution in [2.75, 3.05) is 0 Å². The van der Waals surface area contributed by atoms with Crippen LogP contribution in [0.25, 0.3) is 10.8 Å². The van der Waals surface area contributed by atoms with Gasteiger partial charge in [0, 0.05) is 0 Å². The van der Waals surface area contributed by atoms with E-state index in [0.717, 1.165) is 16.5 Å². The number of nitrogens with one attached hydrogen (secondary N) is 1. The van der Waals surface area contributed by atoms with Crippen LogP contribution in [0.1, 0.15) is 40.1 Å². The first-order valence-corrected chi connectivity index (χ1v) is 9.97. The third-order valence-corrected chi connectivity index (χ3v) is 5.47. The summed E-state index contributed by atoms with van der Waals surface area (Å²) in [6.45, 7) is 4.30. The number of rotatable bonds is 5. The van der Waals surface area contributed by atoms with Crippen molar-refractivity contribution in [3.63, 3.8) is 0 Å². The quantitative estimate of drug-likeness (QED) is 0.475. The summed E-state index contributed by atoms with van der Waals surface area (Å²) in [7, 11) is 0. The van der Waals surface area contributed by atoms with Gasteiger partial charge >= 0.3 is 0 Å². The lowest BCUT2D eigenvalue weighted by molar-refractivity contribution is 0.0939.